The molecule has 0 saturated heterocycles. The van der Waals surface area contributed by atoms with Crippen LogP contribution in [0.4, 0.5) is 18.9 Å². The van der Waals surface area contributed by atoms with Crippen LogP contribution in [0.2, 0.25) is 0 Å². The lowest BCUT2D eigenvalue weighted by molar-refractivity contribution is -0.0328. The molecule has 0 saturated carbocycles. The molecular weight excluding hydrogens is 287 g/mol. The number of nitrogen functional groups attached to an aromatic ring is 1. The molecule has 0 aliphatic heterocycles. The number of ether oxygens (including phenoxy) is 1. The Bertz CT molecular complexity index is 587. The topological polar surface area (TPSA) is 35.2 Å². The van der Waals surface area contributed by atoms with Crippen molar-refractivity contribution < 1.29 is 17.9 Å². The first-order valence-corrected chi connectivity index (χ1v) is 6.57. The lowest BCUT2D eigenvalue weighted by Gasteiger charge is -2.09. The molecule has 0 amide bonds. The van der Waals surface area contributed by atoms with Crippen LogP contribution in [-0.4, -0.2) is 5.51 Å². The number of halogens is 3. The van der Waals surface area contributed by atoms with Crippen molar-refractivity contribution in [1.29, 1.82) is 0 Å². The fourth-order valence-corrected chi connectivity index (χ4v) is 2.23. The second kappa shape index (κ2) is 6.09. The van der Waals surface area contributed by atoms with E-state index in [2.05, 4.69) is 0 Å². The van der Waals surface area contributed by atoms with Crippen molar-refractivity contribution in [2.45, 2.75) is 17.0 Å². The molecule has 2 N–H and O–H groups in total. The van der Waals surface area contributed by atoms with Gasteiger partial charge in [0.25, 0.3) is 0 Å². The van der Waals surface area contributed by atoms with Crippen LogP contribution < -0.4 is 10.5 Å². The molecule has 2 aromatic carbocycles. The predicted octanol–water partition coefficient (Wildman–Crippen LogP) is 4.46. The van der Waals surface area contributed by atoms with Gasteiger partial charge in [-0.15, -0.1) is 0 Å². The summed E-state index contributed by atoms with van der Waals surface area (Å²) >= 11 is -0.137. The third kappa shape index (κ3) is 4.70. The quantitative estimate of drug-likeness (QED) is 0.668. The Labute approximate surface area is 118 Å². The molecule has 2 nitrogen and oxygen atoms in total. The highest BCUT2D eigenvalue weighted by atomic mass is 32.2. The Morgan fingerprint density at radius 1 is 1.05 bits per heavy atom. The lowest BCUT2D eigenvalue weighted by atomic mass is 10.2. The second-order valence-electron chi connectivity index (χ2n) is 4.06. The van der Waals surface area contributed by atoms with Gasteiger partial charge in [0.05, 0.1) is 0 Å². The van der Waals surface area contributed by atoms with Gasteiger partial charge >= 0.3 is 5.51 Å². The zero-order valence-corrected chi connectivity index (χ0v) is 11.2. The van der Waals surface area contributed by atoms with Crippen molar-refractivity contribution in [3.05, 3.63) is 54.1 Å². The molecule has 6 heteroatoms. The Balaban J connectivity index is 2.01. The second-order valence-corrected chi connectivity index (χ2v) is 5.19. The summed E-state index contributed by atoms with van der Waals surface area (Å²) < 4.78 is 42.3. The lowest BCUT2D eigenvalue weighted by Crippen LogP contribution is -2.00. The van der Waals surface area contributed by atoms with Crippen LogP contribution in [0.1, 0.15) is 5.56 Å². The van der Waals surface area contributed by atoms with Gasteiger partial charge in [0.2, 0.25) is 0 Å². The van der Waals surface area contributed by atoms with Crippen molar-refractivity contribution in [2.24, 2.45) is 0 Å². The van der Waals surface area contributed by atoms with Gasteiger partial charge in [-0.25, -0.2) is 0 Å². The van der Waals surface area contributed by atoms with Gasteiger partial charge in [0.1, 0.15) is 12.4 Å². The fourth-order valence-electron chi connectivity index (χ4n) is 1.60. The highest BCUT2D eigenvalue weighted by molar-refractivity contribution is 8.00. The van der Waals surface area contributed by atoms with Crippen molar-refractivity contribution in [3.63, 3.8) is 0 Å². The van der Waals surface area contributed by atoms with Gasteiger partial charge in [-0.05, 0) is 41.6 Å². The predicted molar refractivity (Wildman–Crippen MR) is 73.5 cm³/mol. The average Bonchev–Trinajstić information content (AvgIpc) is 2.35. The van der Waals surface area contributed by atoms with E-state index in [0.29, 0.717) is 17.0 Å². The molecule has 0 spiro atoms. The number of nitrogens with two attached hydrogens (primary N) is 1. The number of thioether (sulfide) groups is 1. The minimum Gasteiger partial charge on any atom is -0.489 e. The average molecular weight is 299 g/mol. The van der Waals surface area contributed by atoms with E-state index in [1.165, 1.54) is 12.1 Å². The van der Waals surface area contributed by atoms with Gasteiger partial charge in [-0.2, -0.15) is 13.2 Å². The summed E-state index contributed by atoms with van der Waals surface area (Å²) in [5, 5.41) is 0. The third-order valence-corrected chi connectivity index (χ3v) is 3.12. The minimum absolute atomic E-state index is 0.137. The molecule has 0 atom stereocenters. The van der Waals surface area contributed by atoms with Gasteiger partial charge in [0.15, 0.2) is 0 Å². The summed E-state index contributed by atoms with van der Waals surface area (Å²) in [6.07, 6.45) is 0. The molecular formula is C14H12F3NOS. The summed E-state index contributed by atoms with van der Waals surface area (Å²) in [5.74, 6) is 0.582. The summed E-state index contributed by atoms with van der Waals surface area (Å²) in [5.41, 5.74) is 2.57. The van der Waals surface area contributed by atoms with E-state index in [1.54, 1.807) is 36.4 Å². The van der Waals surface area contributed by atoms with Gasteiger partial charge < -0.3 is 10.5 Å². The summed E-state index contributed by atoms with van der Waals surface area (Å²) in [4.78, 5) is 0.145. The maximum atomic E-state index is 12.3. The van der Waals surface area contributed by atoms with E-state index in [1.807, 2.05) is 0 Å². The standard InChI is InChI=1S/C14H12F3NOS/c15-14(16,17)20-13-6-1-3-10(7-13)9-19-12-5-2-4-11(18)8-12/h1-8H,9,18H2. The molecule has 0 fully saturated rings. The van der Waals surface area contributed by atoms with Crippen LogP contribution in [0.5, 0.6) is 5.75 Å². The van der Waals surface area contributed by atoms with Crippen LogP contribution >= 0.6 is 11.8 Å². The monoisotopic (exact) mass is 299 g/mol. The Morgan fingerprint density at radius 2 is 1.80 bits per heavy atom. The molecule has 0 bridgehead atoms. The Kier molecular flexibility index (Phi) is 4.44. The SMILES string of the molecule is Nc1cccc(OCc2cccc(SC(F)(F)F)c2)c1. The molecule has 106 valence electrons. The van der Waals surface area contributed by atoms with Gasteiger partial charge in [-0.1, -0.05) is 18.2 Å². The maximum absolute atomic E-state index is 12.3. The van der Waals surface area contributed by atoms with Crippen molar-refractivity contribution in [3.8, 4) is 5.75 Å². The molecule has 2 aromatic rings. The molecule has 2 rings (SSSR count). The molecule has 0 aliphatic rings. The van der Waals surface area contributed by atoms with E-state index < -0.39 is 5.51 Å². The highest BCUT2D eigenvalue weighted by Gasteiger charge is 2.29. The van der Waals surface area contributed by atoms with E-state index in [4.69, 9.17) is 10.5 Å². The van der Waals surface area contributed by atoms with E-state index in [0.717, 1.165) is 0 Å². The Morgan fingerprint density at radius 3 is 2.50 bits per heavy atom. The van der Waals surface area contributed by atoms with E-state index >= 15 is 0 Å². The normalized spacial score (nSPS) is 11.3. The summed E-state index contributed by atoms with van der Waals surface area (Å²) in [7, 11) is 0. The van der Waals surface area contributed by atoms with Crippen molar-refractivity contribution in [2.75, 3.05) is 5.73 Å². The van der Waals surface area contributed by atoms with E-state index in [9.17, 15) is 13.2 Å². The van der Waals surface area contributed by atoms with Crippen LogP contribution in [0.3, 0.4) is 0 Å². The molecule has 0 unspecified atom stereocenters. The molecule has 0 radical (unpaired) electrons. The molecule has 0 aliphatic carbocycles. The first kappa shape index (κ1) is 14.6. The summed E-state index contributed by atoms with van der Waals surface area (Å²) in [6, 6.07) is 13.1. The van der Waals surface area contributed by atoms with Crippen LogP contribution in [-0.2, 0) is 6.61 Å². The smallest absolute Gasteiger partial charge is 0.446 e. The number of benzene rings is 2. The largest absolute Gasteiger partial charge is 0.489 e. The number of rotatable bonds is 4. The Hall–Kier alpha value is -1.82. The van der Waals surface area contributed by atoms with E-state index in [-0.39, 0.29) is 23.3 Å². The van der Waals surface area contributed by atoms with Crippen LogP contribution in [0.25, 0.3) is 0 Å². The number of alkyl halides is 3. The molecule has 20 heavy (non-hydrogen) atoms. The minimum atomic E-state index is -4.28. The van der Waals surface area contributed by atoms with Crippen LogP contribution in [0, 0.1) is 0 Å². The number of anilines is 1. The van der Waals surface area contributed by atoms with Crippen molar-refractivity contribution in [1.82, 2.24) is 0 Å². The third-order valence-electron chi connectivity index (χ3n) is 2.40. The van der Waals surface area contributed by atoms with Gasteiger partial charge in [-0.3, -0.25) is 0 Å². The molecule has 0 heterocycles. The number of hydrogen-bond acceptors (Lipinski definition) is 3. The van der Waals surface area contributed by atoms with Gasteiger partial charge in [0, 0.05) is 16.6 Å². The first-order valence-electron chi connectivity index (χ1n) is 5.75. The van der Waals surface area contributed by atoms with Crippen molar-refractivity contribution >= 4 is 17.4 Å². The summed E-state index contributed by atoms with van der Waals surface area (Å²) in [6.45, 7) is 0.190. The zero-order valence-electron chi connectivity index (χ0n) is 10.4. The first-order chi connectivity index (χ1) is 9.42. The molecule has 0 aromatic heterocycles. The highest BCUT2D eigenvalue weighted by Crippen LogP contribution is 2.37. The zero-order chi connectivity index (χ0) is 14.6. The fraction of sp³-hybridized carbons (Fsp3) is 0.143. The number of hydrogen-bond donors (Lipinski definition) is 1. The maximum Gasteiger partial charge on any atom is 0.446 e. The van der Waals surface area contributed by atoms with Crippen LogP contribution in [0.15, 0.2) is 53.4 Å².